The van der Waals surface area contributed by atoms with Crippen LogP contribution in [0.2, 0.25) is 0 Å². The van der Waals surface area contributed by atoms with Crippen molar-refractivity contribution in [3.05, 3.63) is 0 Å². The van der Waals surface area contributed by atoms with Gasteiger partial charge in [0.2, 0.25) is 0 Å². The van der Waals surface area contributed by atoms with E-state index in [9.17, 15) is 10.2 Å². The number of aliphatic hydroxyl groups is 3. The van der Waals surface area contributed by atoms with Crippen LogP contribution in [0.25, 0.3) is 0 Å². The van der Waals surface area contributed by atoms with E-state index < -0.39 is 12.2 Å². The second kappa shape index (κ2) is 4.52. The molecular formula is C10H18N2O3S. The van der Waals surface area contributed by atoms with E-state index in [1.165, 1.54) is 0 Å². The van der Waals surface area contributed by atoms with Gasteiger partial charge in [0.1, 0.15) is 6.10 Å². The van der Waals surface area contributed by atoms with E-state index in [4.69, 9.17) is 5.11 Å². The van der Waals surface area contributed by atoms with Crippen molar-refractivity contribution >= 4 is 16.9 Å². The van der Waals surface area contributed by atoms with Gasteiger partial charge in [-0.3, -0.25) is 4.99 Å². The third-order valence-corrected chi connectivity index (χ3v) is 4.69. The topological polar surface area (TPSA) is 76.3 Å². The number of hydrogen-bond acceptors (Lipinski definition) is 6. The molecule has 2 aliphatic rings. The average molecular weight is 246 g/mol. The summed E-state index contributed by atoms with van der Waals surface area (Å²) >= 11 is 1.62. The van der Waals surface area contributed by atoms with Crippen molar-refractivity contribution in [2.75, 3.05) is 20.7 Å². The summed E-state index contributed by atoms with van der Waals surface area (Å²) in [6, 6.07) is -0.236. The van der Waals surface area contributed by atoms with Gasteiger partial charge in [-0.2, -0.15) is 0 Å². The predicted molar refractivity (Wildman–Crippen MR) is 63.5 cm³/mol. The summed E-state index contributed by atoms with van der Waals surface area (Å²) in [6.07, 6.45) is -1.02. The molecule has 0 saturated heterocycles. The number of aliphatic imine (C=N–C) groups is 1. The molecule has 16 heavy (non-hydrogen) atoms. The van der Waals surface area contributed by atoms with Crippen LogP contribution >= 0.6 is 11.8 Å². The molecule has 6 heteroatoms. The maximum absolute atomic E-state index is 9.95. The first-order valence-electron chi connectivity index (χ1n) is 5.43. The quantitative estimate of drug-likeness (QED) is 0.560. The molecule has 0 aromatic carbocycles. The highest BCUT2D eigenvalue weighted by Crippen LogP contribution is 2.40. The van der Waals surface area contributed by atoms with Crippen LogP contribution in [0.3, 0.4) is 0 Å². The van der Waals surface area contributed by atoms with Crippen molar-refractivity contribution in [3.8, 4) is 0 Å². The zero-order valence-electron chi connectivity index (χ0n) is 9.45. The number of aliphatic hydroxyl groups excluding tert-OH is 3. The molecule has 2 rings (SSSR count). The molecule has 3 N–H and O–H groups in total. The highest BCUT2D eigenvalue weighted by atomic mass is 32.2. The fourth-order valence-corrected chi connectivity index (χ4v) is 3.62. The van der Waals surface area contributed by atoms with Gasteiger partial charge in [-0.15, -0.1) is 0 Å². The van der Waals surface area contributed by atoms with Crippen LogP contribution in [0.4, 0.5) is 0 Å². The molecular weight excluding hydrogens is 228 g/mol. The lowest BCUT2D eigenvalue weighted by atomic mass is 9.81. The first-order valence-corrected chi connectivity index (χ1v) is 6.31. The van der Waals surface area contributed by atoms with Gasteiger partial charge < -0.3 is 20.2 Å². The molecule has 1 aliphatic heterocycles. The minimum Gasteiger partial charge on any atom is -0.396 e. The van der Waals surface area contributed by atoms with Crippen molar-refractivity contribution in [1.82, 2.24) is 4.90 Å². The zero-order valence-corrected chi connectivity index (χ0v) is 10.3. The minimum absolute atomic E-state index is 0.0840. The Bertz CT molecular complexity index is 298. The molecule has 0 spiro atoms. The molecule has 1 saturated carbocycles. The second-order valence-electron chi connectivity index (χ2n) is 4.61. The molecule has 1 fully saturated rings. The number of hydrogen-bond donors (Lipinski definition) is 3. The predicted octanol–water partition coefficient (Wildman–Crippen LogP) is -0.878. The molecule has 5 nitrogen and oxygen atoms in total. The molecule has 0 radical (unpaired) electrons. The zero-order chi connectivity index (χ0) is 11.9. The number of fused-ring (bicyclic) bond motifs is 1. The Labute approximate surface area is 99.2 Å². The van der Waals surface area contributed by atoms with E-state index in [0.717, 1.165) is 5.17 Å². The number of nitrogens with zero attached hydrogens (tertiary/aromatic N) is 2. The summed E-state index contributed by atoms with van der Waals surface area (Å²) in [6.45, 7) is -0.0840. The maximum atomic E-state index is 9.95. The van der Waals surface area contributed by atoms with E-state index in [1.807, 2.05) is 19.0 Å². The summed E-state index contributed by atoms with van der Waals surface area (Å²) in [4.78, 5) is 6.34. The summed E-state index contributed by atoms with van der Waals surface area (Å²) < 4.78 is 0. The lowest BCUT2D eigenvalue weighted by Crippen LogP contribution is -2.51. The first-order chi connectivity index (χ1) is 7.54. The van der Waals surface area contributed by atoms with Crippen LogP contribution in [0.1, 0.15) is 6.42 Å². The Hall–Kier alpha value is -0.300. The van der Waals surface area contributed by atoms with Crippen molar-refractivity contribution in [2.45, 2.75) is 29.9 Å². The fraction of sp³-hybridized carbons (Fsp3) is 0.900. The Morgan fingerprint density at radius 1 is 1.38 bits per heavy atom. The van der Waals surface area contributed by atoms with Crippen LogP contribution in [0.5, 0.6) is 0 Å². The Morgan fingerprint density at radius 2 is 2.06 bits per heavy atom. The van der Waals surface area contributed by atoms with Gasteiger partial charge in [-0.05, 0) is 6.42 Å². The van der Waals surface area contributed by atoms with Gasteiger partial charge in [0.15, 0.2) is 5.17 Å². The van der Waals surface area contributed by atoms with Crippen LogP contribution < -0.4 is 0 Å². The van der Waals surface area contributed by atoms with Crippen LogP contribution in [0.15, 0.2) is 4.99 Å². The summed E-state index contributed by atoms with van der Waals surface area (Å²) in [7, 11) is 3.82. The van der Waals surface area contributed by atoms with Gasteiger partial charge in [0, 0.05) is 31.9 Å². The minimum atomic E-state index is -0.864. The molecule has 1 heterocycles. The second-order valence-corrected chi connectivity index (χ2v) is 5.82. The van der Waals surface area contributed by atoms with Crippen molar-refractivity contribution in [3.63, 3.8) is 0 Å². The van der Waals surface area contributed by atoms with E-state index in [2.05, 4.69) is 4.99 Å². The van der Waals surface area contributed by atoms with Gasteiger partial charge in [-0.25, -0.2) is 0 Å². The Balaban J connectivity index is 2.14. The fourth-order valence-electron chi connectivity index (χ4n) is 2.25. The third-order valence-electron chi connectivity index (χ3n) is 3.23. The highest BCUT2D eigenvalue weighted by Gasteiger charge is 2.46. The molecule has 1 aliphatic carbocycles. The van der Waals surface area contributed by atoms with Crippen LogP contribution in [0, 0.1) is 5.92 Å². The van der Waals surface area contributed by atoms with E-state index in [1.54, 1.807) is 11.8 Å². The van der Waals surface area contributed by atoms with Gasteiger partial charge in [0.25, 0.3) is 0 Å². The number of amidine groups is 1. The maximum Gasteiger partial charge on any atom is 0.159 e. The van der Waals surface area contributed by atoms with E-state index >= 15 is 0 Å². The monoisotopic (exact) mass is 246 g/mol. The molecule has 0 aromatic heterocycles. The normalized spacial score (nSPS) is 42.8. The van der Waals surface area contributed by atoms with Gasteiger partial charge in [-0.1, -0.05) is 11.8 Å². The van der Waals surface area contributed by atoms with Crippen LogP contribution in [-0.4, -0.2) is 69.6 Å². The van der Waals surface area contributed by atoms with Crippen molar-refractivity contribution in [1.29, 1.82) is 0 Å². The number of thioether (sulfide) groups is 1. The van der Waals surface area contributed by atoms with Gasteiger partial charge >= 0.3 is 0 Å². The van der Waals surface area contributed by atoms with Crippen molar-refractivity contribution in [2.24, 2.45) is 10.9 Å². The van der Waals surface area contributed by atoms with Gasteiger partial charge in [0.05, 0.1) is 12.1 Å². The molecule has 0 bridgehead atoms. The lowest BCUT2D eigenvalue weighted by molar-refractivity contribution is -0.0646. The van der Waals surface area contributed by atoms with Crippen LogP contribution in [-0.2, 0) is 0 Å². The molecule has 0 aromatic rings. The standard InChI is InChI=1S/C10H18N2O3S/c1-12(2)10-11-7-6(16-10)3-5(4-13)8(14)9(7)15/h5-9,13-15H,3-4H2,1-2H3/t5-,6+,7?,8-,9?/m0/s1. The number of rotatable bonds is 1. The molecule has 2 unspecified atom stereocenters. The highest BCUT2D eigenvalue weighted by molar-refractivity contribution is 8.14. The van der Waals surface area contributed by atoms with E-state index in [0.29, 0.717) is 6.42 Å². The summed E-state index contributed by atoms with van der Waals surface area (Å²) in [5.74, 6) is -0.236. The first kappa shape index (κ1) is 12.2. The Morgan fingerprint density at radius 3 is 2.62 bits per heavy atom. The summed E-state index contributed by atoms with van der Waals surface area (Å²) in [5, 5.41) is 30.0. The van der Waals surface area contributed by atoms with E-state index in [-0.39, 0.29) is 23.8 Å². The Kier molecular flexibility index (Phi) is 3.44. The largest absolute Gasteiger partial charge is 0.396 e. The lowest BCUT2D eigenvalue weighted by Gasteiger charge is -2.37. The smallest absolute Gasteiger partial charge is 0.159 e. The molecule has 0 amide bonds. The molecule has 5 atom stereocenters. The SMILES string of the molecule is CN(C)C1=NC2C(O)[C@@H](O)[C@H](CO)C[C@H]2S1. The van der Waals surface area contributed by atoms with Crippen molar-refractivity contribution < 1.29 is 15.3 Å². The molecule has 92 valence electrons. The summed E-state index contributed by atoms with van der Waals surface area (Å²) in [5.41, 5.74) is 0. The average Bonchev–Trinajstić information content (AvgIpc) is 2.67. The third kappa shape index (κ3) is 1.95.